The van der Waals surface area contributed by atoms with Crippen molar-refractivity contribution >= 4 is 33.1 Å². The zero-order chi connectivity index (χ0) is 19.6. The second-order valence-electron chi connectivity index (χ2n) is 5.15. The second kappa shape index (κ2) is 11.2. The van der Waals surface area contributed by atoms with Crippen LogP contribution in [0.15, 0.2) is 39.8 Å². The lowest BCUT2D eigenvalue weighted by Crippen LogP contribution is -2.16. The van der Waals surface area contributed by atoms with Crippen LogP contribution in [0.25, 0.3) is 0 Å². The summed E-state index contributed by atoms with van der Waals surface area (Å²) in [4.78, 5) is 14.5. The molecular weight excluding hydrogens is 356 g/mol. The fourth-order valence-electron chi connectivity index (χ4n) is 2.04. The standard InChI is InChI=1S/C8H11NO2S.C8H13NOS.C2H6/c1-9-7-3-5-8(6-4-7)12(2,10)11;1-4-9-5-11-8(6(9)2)7(3)10;1-2/h3-6,9H,1-2H3;4-5H2,1-3H3;1-2H3. The van der Waals surface area contributed by atoms with Crippen molar-refractivity contribution in [2.75, 3.05) is 31.0 Å². The minimum absolute atomic E-state index is 0.198. The topological polar surface area (TPSA) is 66.5 Å². The van der Waals surface area contributed by atoms with Crippen LogP contribution in [0.2, 0.25) is 0 Å². The van der Waals surface area contributed by atoms with Gasteiger partial charge in [0.25, 0.3) is 0 Å². The van der Waals surface area contributed by atoms with E-state index in [-0.39, 0.29) is 5.78 Å². The number of sulfone groups is 1. The Labute approximate surface area is 156 Å². The molecular formula is C18H30N2O3S2. The van der Waals surface area contributed by atoms with E-state index < -0.39 is 9.84 Å². The summed E-state index contributed by atoms with van der Waals surface area (Å²) < 4.78 is 22.0. The van der Waals surface area contributed by atoms with Gasteiger partial charge in [0.2, 0.25) is 0 Å². The highest BCUT2D eigenvalue weighted by Crippen LogP contribution is 2.31. The molecule has 0 saturated heterocycles. The van der Waals surface area contributed by atoms with Gasteiger partial charge in [0.1, 0.15) is 0 Å². The summed E-state index contributed by atoms with van der Waals surface area (Å²) in [5.74, 6) is 1.14. The average molecular weight is 387 g/mol. The van der Waals surface area contributed by atoms with Gasteiger partial charge < -0.3 is 10.2 Å². The van der Waals surface area contributed by atoms with Crippen molar-refractivity contribution < 1.29 is 13.2 Å². The third-order valence-electron chi connectivity index (χ3n) is 3.44. The zero-order valence-corrected chi connectivity index (χ0v) is 17.8. The number of nitrogens with one attached hydrogen (secondary N) is 1. The number of carbonyl (C=O) groups is 1. The van der Waals surface area contributed by atoms with Crippen molar-refractivity contribution in [1.82, 2.24) is 4.90 Å². The summed E-state index contributed by atoms with van der Waals surface area (Å²) in [6.45, 7) is 10.7. The minimum atomic E-state index is -3.06. The van der Waals surface area contributed by atoms with Crippen LogP contribution >= 0.6 is 11.8 Å². The molecule has 1 aliphatic heterocycles. The third kappa shape index (κ3) is 7.52. The second-order valence-corrected chi connectivity index (χ2v) is 8.12. The zero-order valence-electron chi connectivity index (χ0n) is 16.2. The Bertz CT molecular complexity index is 681. The number of thioether (sulfide) groups is 1. The lowest BCUT2D eigenvalue weighted by Gasteiger charge is -2.15. The lowest BCUT2D eigenvalue weighted by atomic mass is 10.3. The highest BCUT2D eigenvalue weighted by atomic mass is 32.2. The Kier molecular flexibility index (Phi) is 10.5. The number of ketones is 1. The molecule has 0 radical (unpaired) electrons. The first-order valence-electron chi connectivity index (χ1n) is 8.28. The molecule has 1 aromatic carbocycles. The Morgan fingerprint density at radius 3 is 2.04 bits per heavy atom. The number of rotatable bonds is 4. The van der Waals surface area contributed by atoms with Crippen molar-refractivity contribution in [3.8, 4) is 0 Å². The molecule has 1 aliphatic rings. The molecule has 2 rings (SSSR count). The van der Waals surface area contributed by atoms with Gasteiger partial charge in [0.05, 0.1) is 15.7 Å². The summed E-state index contributed by atoms with van der Waals surface area (Å²) >= 11 is 1.65. The molecule has 0 aromatic heterocycles. The molecule has 0 unspecified atom stereocenters. The van der Waals surface area contributed by atoms with Gasteiger partial charge in [0, 0.05) is 31.2 Å². The quantitative estimate of drug-likeness (QED) is 0.844. The Balaban J connectivity index is 0.000000421. The molecule has 0 atom stereocenters. The first kappa shape index (κ1) is 23.5. The molecule has 1 heterocycles. The van der Waals surface area contributed by atoms with Gasteiger partial charge in [0.15, 0.2) is 15.6 Å². The number of hydrogen-bond acceptors (Lipinski definition) is 6. The van der Waals surface area contributed by atoms with Crippen LogP contribution in [-0.4, -0.2) is 44.8 Å². The van der Waals surface area contributed by atoms with Gasteiger partial charge in [-0.25, -0.2) is 8.42 Å². The fourth-order valence-corrected chi connectivity index (χ4v) is 3.87. The van der Waals surface area contributed by atoms with E-state index in [1.807, 2.05) is 20.8 Å². The van der Waals surface area contributed by atoms with E-state index in [2.05, 4.69) is 17.1 Å². The highest BCUT2D eigenvalue weighted by molar-refractivity contribution is 8.04. The highest BCUT2D eigenvalue weighted by Gasteiger charge is 2.20. The number of benzene rings is 1. The molecule has 7 heteroatoms. The van der Waals surface area contributed by atoms with Crippen LogP contribution < -0.4 is 5.32 Å². The summed E-state index contributed by atoms with van der Waals surface area (Å²) in [5, 5.41) is 2.91. The number of hydrogen-bond donors (Lipinski definition) is 1. The van der Waals surface area contributed by atoms with Gasteiger partial charge in [-0.3, -0.25) is 4.79 Å². The fraction of sp³-hybridized carbons (Fsp3) is 0.500. The molecule has 1 aromatic rings. The molecule has 142 valence electrons. The van der Waals surface area contributed by atoms with Crippen molar-refractivity contribution in [3.63, 3.8) is 0 Å². The molecule has 5 nitrogen and oxygen atoms in total. The maximum Gasteiger partial charge on any atom is 0.175 e. The molecule has 0 fully saturated rings. The molecule has 1 N–H and O–H groups in total. The summed E-state index contributed by atoms with van der Waals surface area (Å²) in [6.07, 6.45) is 1.20. The van der Waals surface area contributed by atoms with Gasteiger partial charge >= 0.3 is 0 Å². The summed E-state index contributed by atoms with van der Waals surface area (Å²) in [5.41, 5.74) is 2.05. The number of nitrogens with zero attached hydrogens (tertiary/aromatic N) is 1. The van der Waals surface area contributed by atoms with Crippen LogP contribution in [0.5, 0.6) is 0 Å². The number of allylic oxidation sites excluding steroid dienone is 2. The Hall–Kier alpha value is -1.47. The first-order chi connectivity index (χ1) is 11.7. The predicted molar refractivity (Wildman–Crippen MR) is 109 cm³/mol. The van der Waals surface area contributed by atoms with Crippen molar-refractivity contribution in [3.05, 3.63) is 34.9 Å². The van der Waals surface area contributed by atoms with E-state index in [0.717, 1.165) is 28.7 Å². The summed E-state index contributed by atoms with van der Waals surface area (Å²) in [7, 11) is -1.27. The molecule has 25 heavy (non-hydrogen) atoms. The van der Waals surface area contributed by atoms with Crippen LogP contribution in [-0.2, 0) is 14.6 Å². The van der Waals surface area contributed by atoms with E-state index in [1.54, 1.807) is 50.0 Å². The van der Waals surface area contributed by atoms with E-state index in [9.17, 15) is 13.2 Å². The van der Waals surface area contributed by atoms with Crippen molar-refractivity contribution in [2.45, 2.75) is 39.5 Å². The number of Topliss-reactive ketones (excluding diaryl/α,β-unsaturated/α-hetero) is 1. The first-order valence-corrected chi connectivity index (χ1v) is 11.2. The predicted octanol–water partition coefficient (Wildman–Crippen LogP) is 3.99. The molecule has 0 spiro atoms. The summed E-state index contributed by atoms with van der Waals surface area (Å²) in [6, 6.07) is 6.63. The van der Waals surface area contributed by atoms with E-state index >= 15 is 0 Å². The monoisotopic (exact) mass is 386 g/mol. The van der Waals surface area contributed by atoms with E-state index in [0.29, 0.717) is 4.90 Å². The largest absolute Gasteiger partial charge is 0.388 e. The average Bonchev–Trinajstić information content (AvgIpc) is 2.97. The van der Waals surface area contributed by atoms with Crippen LogP contribution in [0.1, 0.15) is 34.6 Å². The normalized spacial score (nSPS) is 13.5. The van der Waals surface area contributed by atoms with E-state index in [4.69, 9.17) is 0 Å². The van der Waals surface area contributed by atoms with Crippen LogP contribution in [0, 0.1) is 0 Å². The molecule has 0 amide bonds. The smallest absolute Gasteiger partial charge is 0.175 e. The van der Waals surface area contributed by atoms with Crippen molar-refractivity contribution in [1.29, 1.82) is 0 Å². The van der Waals surface area contributed by atoms with Gasteiger partial charge in [-0.05, 0) is 45.0 Å². The Morgan fingerprint density at radius 1 is 1.24 bits per heavy atom. The van der Waals surface area contributed by atoms with Crippen LogP contribution in [0.3, 0.4) is 0 Å². The van der Waals surface area contributed by atoms with Gasteiger partial charge in [-0.1, -0.05) is 25.6 Å². The molecule has 0 saturated carbocycles. The van der Waals surface area contributed by atoms with Gasteiger partial charge in [-0.15, -0.1) is 0 Å². The van der Waals surface area contributed by atoms with E-state index in [1.165, 1.54) is 6.26 Å². The molecule has 0 bridgehead atoms. The lowest BCUT2D eigenvalue weighted by molar-refractivity contribution is -0.113. The van der Waals surface area contributed by atoms with Gasteiger partial charge in [-0.2, -0.15) is 0 Å². The maximum atomic E-state index is 11.0. The SMILES string of the molecule is CC.CCN1CSC(C(C)=O)=C1C.CNc1ccc(S(C)(=O)=O)cc1. The van der Waals surface area contributed by atoms with Crippen LogP contribution in [0.4, 0.5) is 5.69 Å². The number of anilines is 1. The van der Waals surface area contributed by atoms with Crippen molar-refractivity contribution in [2.24, 2.45) is 0 Å². The number of carbonyl (C=O) groups excluding carboxylic acids is 1. The Morgan fingerprint density at radius 2 is 1.76 bits per heavy atom. The third-order valence-corrected chi connectivity index (χ3v) is 5.88. The molecule has 0 aliphatic carbocycles. The maximum absolute atomic E-state index is 11.0. The minimum Gasteiger partial charge on any atom is -0.388 e.